The molecule has 0 aromatic carbocycles. The second-order valence-electron chi connectivity index (χ2n) is 22.5. The number of ether oxygens (including phenoxy) is 2. The van der Waals surface area contributed by atoms with Gasteiger partial charge in [0, 0.05) is 6.42 Å². The van der Waals surface area contributed by atoms with E-state index in [1.807, 2.05) is 6.08 Å². The Labute approximate surface area is 468 Å². The topological polar surface area (TPSA) is 149 Å². The minimum absolute atomic E-state index is 0.177. The summed E-state index contributed by atoms with van der Waals surface area (Å²) in [5.74, 6) is -0.177. The summed E-state index contributed by atoms with van der Waals surface area (Å²) in [7, 11) is 0. The number of aliphatic hydroxyl groups excluding tert-OH is 5. The Balaban J connectivity index is 2.17. The Morgan fingerprint density at radius 2 is 0.816 bits per heavy atom. The maximum absolute atomic E-state index is 13.1. The van der Waals surface area contributed by atoms with Crippen molar-refractivity contribution in [3.05, 3.63) is 60.8 Å². The summed E-state index contributed by atoms with van der Waals surface area (Å²) in [6, 6.07) is -0.810. The summed E-state index contributed by atoms with van der Waals surface area (Å²) in [5, 5.41) is 54.7. The molecule has 1 rings (SSSR count). The molecule has 1 aliphatic heterocycles. The second-order valence-corrected chi connectivity index (χ2v) is 22.5. The van der Waals surface area contributed by atoms with Crippen LogP contribution in [0.2, 0.25) is 0 Å². The van der Waals surface area contributed by atoms with Gasteiger partial charge in [-0.25, -0.2) is 0 Å². The van der Waals surface area contributed by atoms with Gasteiger partial charge in [0.05, 0.1) is 25.4 Å². The molecule has 1 amide bonds. The van der Waals surface area contributed by atoms with Crippen molar-refractivity contribution in [1.82, 2.24) is 5.32 Å². The number of unbranched alkanes of at least 4 members (excludes halogenated alkanes) is 38. The van der Waals surface area contributed by atoms with Crippen molar-refractivity contribution < 1.29 is 39.8 Å². The summed E-state index contributed by atoms with van der Waals surface area (Å²) >= 11 is 0. The Morgan fingerprint density at radius 3 is 1.21 bits per heavy atom. The van der Waals surface area contributed by atoms with Gasteiger partial charge in [0.1, 0.15) is 24.4 Å². The van der Waals surface area contributed by atoms with Crippen molar-refractivity contribution in [2.75, 3.05) is 13.2 Å². The van der Waals surface area contributed by atoms with Crippen LogP contribution in [0.1, 0.15) is 303 Å². The highest BCUT2D eigenvalue weighted by atomic mass is 16.7. The predicted molar refractivity (Wildman–Crippen MR) is 322 cm³/mol. The van der Waals surface area contributed by atoms with E-state index in [0.29, 0.717) is 6.42 Å². The van der Waals surface area contributed by atoms with Gasteiger partial charge in [0.15, 0.2) is 6.29 Å². The monoisotopic (exact) mass is 1070 g/mol. The number of hydrogen-bond acceptors (Lipinski definition) is 8. The number of carbonyl (C=O) groups is 1. The van der Waals surface area contributed by atoms with Crippen molar-refractivity contribution in [3.8, 4) is 0 Å². The van der Waals surface area contributed by atoms with E-state index in [1.54, 1.807) is 6.08 Å². The van der Waals surface area contributed by atoms with Gasteiger partial charge in [0.25, 0.3) is 0 Å². The molecule has 6 N–H and O–H groups in total. The van der Waals surface area contributed by atoms with Crippen molar-refractivity contribution in [1.29, 1.82) is 0 Å². The molecule has 7 unspecified atom stereocenters. The lowest BCUT2D eigenvalue weighted by atomic mass is 9.99. The molecule has 0 bridgehead atoms. The summed E-state index contributed by atoms with van der Waals surface area (Å²) in [5.41, 5.74) is 0. The first-order chi connectivity index (χ1) is 37.3. The van der Waals surface area contributed by atoms with Gasteiger partial charge in [-0.1, -0.05) is 299 Å². The fourth-order valence-corrected chi connectivity index (χ4v) is 10.3. The molecule has 1 aliphatic rings. The Bertz CT molecular complexity index is 1380. The van der Waals surface area contributed by atoms with Crippen LogP contribution in [0.5, 0.6) is 0 Å². The summed E-state index contributed by atoms with van der Waals surface area (Å²) < 4.78 is 11.3. The van der Waals surface area contributed by atoms with Gasteiger partial charge in [-0.15, -0.1) is 0 Å². The standard InChI is InChI=1S/C67H123NO8/c1-3-5-7-9-11-13-15-17-19-21-23-25-27-29-30-31-33-34-36-38-40-42-44-46-48-50-52-54-56-61(70)60(59-75-67-66(74)65(73)64(72)62(58-69)76-67)68-63(71)57-55-53-51-49-47-45-43-41-39-37-35-32-28-26-24-22-20-18-16-14-12-10-8-6-4-2/h6,8,12,14,18,20,24,26,54,56,60-62,64-67,69-70,72-74H,3-5,7,9-11,13,15-17,19,21-23,25,27-53,55,57-59H2,1-2H3,(H,68,71)/b8-6-,14-12-,20-18-,26-24-,56-54+. The molecule has 9 heteroatoms. The smallest absolute Gasteiger partial charge is 0.220 e. The van der Waals surface area contributed by atoms with Crippen LogP contribution in [0.25, 0.3) is 0 Å². The first-order valence-electron chi connectivity index (χ1n) is 32.5. The van der Waals surface area contributed by atoms with Gasteiger partial charge in [-0.05, 0) is 57.8 Å². The molecule has 76 heavy (non-hydrogen) atoms. The summed E-state index contributed by atoms with van der Waals surface area (Å²) in [6.07, 6.45) is 70.2. The van der Waals surface area contributed by atoms with Crippen molar-refractivity contribution in [2.24, 2.45) is 0 Å². The van der Waals surface area contributed by atoms with Gasteiger partial charge in [0.2, 0.25) is 5.91 Å². The van der Waals surface area contributed by atoms with E-state index in [-0.39, 0.29) is 12.5 Å². The molecule has 0 radical (unpaired) electrons. The third-order valence-electron chi connectivity index (χ3n) is 15.3. The number of nitrogens with one attached hydrogen (secondary N) is 1. The molecule has 1 heterocycles. The molecule has 0 aliphatic carbocycles. The lowest BCUT2D eigenvalue weighted by Gasteiger charge is -2.40. The van der Waals surface area contributed by atoms with E-state index >= 15 is 0 Å². The van der Waals surface area contributed by atoms with E-state index in [9.17, 15) is 30.3 Å². The fourth-order valence-electron chi connectivity index (χ4n) is 10.3. The van der Waals surface area contributed by atoms with Crippen LogP contribution in [-0.4, -0.2) is 87.5 Å². The largest absolute Gasteiger partial charge is 0.394 e. The maximum Gasteiger partial charge on any atom is 0.220 e. The summed E-state index contributed by atoms with van der Waals surface area (Å²) in [4.78, 5) is 13.1. The van der Waals surface area contributed by atoms with E-state index in [4.69, 9.17) is 9.47 Å². The zero-order valence-corrected chi connectivity index (χ0v) is 49.5. The van der Waals surface area contributed by atoms with Crippen LogP contribution < -0.4 is 5.32 Å². The van der Waals surface area contributed by atoms with Crippen LogP contribution in [-0.2, 0) is 14.3 Å². The number of allylic oxidation sites excluding steroid dienone is 9. The minimum atomic E-state index is -1.57. The fraction of sp³-hybridized carbons (Fsp3) is 0.836. The third-order valence-corrected chi connectivity index (χ3v) is 15.3. The van der Waals surface area contributed by atoms with Crippen molar-refractivity contribution in [2.45, 2.75) is 346 Å². The van der Waals surface area contributed by atoms with Gasteiger partial charge >= 0.3 is 0 Å². The van der Waals surface area contributed by atoms with E-state index in [2.05, 4.69) is 67.8 Å². The number of amides is 1. The number of carbonyl (C=O) groups excluding carboxylic acids is 1. The van der Waals surface area contributed by atoms with Crippen LogP contribution in [0, 0.1) is 0 Å². The highest BCUT2D eigenvalue weighted by Gasteiger charge is 2.44. The molecular weight excluding hydrogens is 947 g/mol. The highest BCUT2D eigenvalue weighted by Crippen LogP contribution is 2.23. The number of hydrogen-bond donors (Lipinski definition) is 6. The SMILES string of the molecule is CC/C=C\C/C=C\C/C=C\C/C=C\CCCCCCCCCCCCCCC(=O)NC(COC1OC(CO)C(O)C(O)C1O)C(O)/C=C/CCCCCCCCCCCCCCCCCCCCCCCCCCCC. The quantitative estimate of drug-likeness (QED) is 0.0261. The molecular formula is C67H123NO8. The molecule has 1 fully saturated rings. The molecule has 7 atom stereocenters. The highest BCUT2D eigenvalue weighted by molar-refractivity contribution is 5.76. The van der Waals surface area contributed by atoms with Gasteiger partial charge in [-0.3, -0.25) is 4.79 Å². The molecule has 444 valence electrons. The molecule has 1 saturated heterocycles. The average molecular weight is 1070 g/mol. The lowest BCUT2D eigenvalue weighted by molar-refractivity contribution is -0.302. The zero-order valence-electron chi connectivity index (χ0n) is 49.5. The van der Waals surface area contributed by atoms with E-state index in [1.165, 1.54) is 218 Å². The van der Waals surface area contributed by atoms with Crippen LogP contribution in [0.3, 0.4) is 0 Å². The van der Waals surface area contributed by atoms with Crippen molar-refractivity contribution in [3.63, 3.8) is 0 Å². The summed E-state index contributed by atoms with van der Waals surface area (Å²) in [6.45, 7) is 3.70. The minimum Gasteiger partial charge on any atom is -0.394 e. The molecule has 9 nitrogen and oxygen atoms in total. The second kappa shape index (κ2) is 56.2. The number of aliphatic hydroxyl groups is 5. The zero-order chi connectivity index (χ0) is 55.0. The Hall–Kier alpha value is -2.11. The predicted octanol–water partition coefficient (Wildman–Crippen LogP) is 17.0. The van der Waals surface area contributed by atoms with E-state index < -0.39 is 49.5 Å². The van der Waals surface area contributed by atoms with Crippen LogP contribution >= 0.6 is 0 Å². The van der Waals surface area contributed by atoms with E-state index in [0.717, 1.165) is 64.2 Å². The number of rotatable bonds is 56. The maximum atomic E-state index is 13.1. The van der Waals surface area contributed by atoms with Crippen LogP contribution in [0.15, 0.2) is 60.8 Å². The normalized spacial score (nSPS) is 19.2. The molecule has 0 spiro atoms. The van der Waals surface area contributed by atoms with Gasteiger partial charge in [-0.2, -0.15) is 0 Å². The average Bonchev–Trinajstić information content (AvgIpc) is 3.42. The lowest BCUT2D eigenvalue weighted by Crippen LogP contribution is -2.60. The first-order valence-corrected chi connectivity index (χ1v) is 32.5. The first kappa shape index (κ1) is 71.9. The van der Waals surface area contributed by atoms with Gasteiger partial charge < -0.3 is 40.3 Å². The van der Waals surface area contributed by atoms with Crippen molar-refractivity contribution >= 4 is 5.91 Å². The molecule has 0 aromatic rings. The molecule has 0 aromatic heterocycles. The van der Waals surface area contributed by atoms with Crippen LogP contribution in [0.4, 0.5) is 0 Å². The Morgan fingerprint density at radius 1 is 0.461 bits per heavy atom. The Kier molecular flexibility index (Phi) is 53.1. The molecule has 0 saturated carbocycles. The third kappa shape index (κ3) is 44.7.